The summed E-state index contributed by atoms with van der Waals surface area (Å²) >= 11 is 0. The third-order valence-corrected chi connectivity index (χ3v) is 0.487. The van der Waals surface area contributed by atoms with Crippen molar-refractivity contribution < 1.29 is 4.74 Å². The van der Waals surface area contributed by atoms with Crippen molar-refractivity contribution in [2.45, 2.75) is 26.9 Å². The lowest BCUT2D eigenvalue weighted by Crippen LogP contribution is -1.93. The molecule has 0 bridgehead atoms. The Bertz CT molecular complexity index is 55.2. The Labute approximate surface area is 45.0 Å². The summed E-state index contributed by atoms with van der Waals surface area (Å²) < 4.78 is 5.01. The monoisotopic (exact) mass is 100 g/mol. The molecule has 0 saturated carbocycles. The van der Waals surface area contributed by atoms with Crippen LogP contribution in [0.4, 0.5) is 0 Å². The van der Waals surface area contributed by atoms with Gasteiger partial charge in [-0.3, -0.25) is 0 Å². The molecule has 0 unspecified atom stereocenters. The van der Waals surface area contributed by atoms with Crippen molar-refractivity contribution in [2.24, 2.45) is 0 Å². The molecule has 0 aliphatic carbocycles. The van der Waals surface area contributed by atoms with Gasteiger partial charge in [0.2, 0.25) is 0 Å². The maximum Gasteiger partial charge on any atom is 0.0922 e. The van der Waals surface area contributed by atoms with Gasteiger partial charge in [0, 0.05) is 0 Å². The summed E-state index contributed by atoms with van der Waals surface area (Å²) in [5.41, 5.74) is 0. The largest absolute Gasteiger partial charge is 0.499 e. The predicted molar refractivity (Wildman–Crippen MR) is 31.0 cm³/mol. The van der Waals surface area contributed by atoms with Crippen LogP contribution >= 0.6 is 0 Å². The van der Waals surface area contributed by atoms with Gasteiger partial charge in [-0.15, -0.1) is 0 Å². The molecule has 0 aliphatic rings. The van der Waals surface area contributed by atoms with Crippen molar-refractivity contribution in [3.05, 3.63) is 12.3 Å². The maximum absolute atomic E-state index is 5.01. The highest BCUT2D eigenvalue weighted by Crippen LogP contribution is 1.86. The minimum Gasteiger partial charge on any atom is -0.499 e. The first-order valence-corrected chi connectivity index (χ1v) is 2.54. The van der Waals surface area contributed by atoms with Crippen LogP contribution in [0.5, 0.6) is 0 Å². The van der Waals surface area contributed by atoms with Crippen molar-refractivity contribution in [1.82, 2.24) is 0 Å². The molecule has 0 atom stereocenters. The molecule has 1 nitrogen and oxygen atoms in total. The molecule has 0 fully saturated rings. The highest BCUT2D eigenvalue weighted by atomic mass is 16.5. The van der Waals surface area contributed by atoms with Gasteiger partial charge in [0.1, 0.15) is 0 Å². The average Bonchev–Trinajstić information content (AvgIpc) is 1.61. The third-order valence-electron chi connectivity index (χ3n) is 0.487. The molecular formula is C6H12O. The second-order valence-corrected chi connectivity index (χ2v) is 1.65. The van der Waals surface area contributed by atoms with Gasteiger partial charge in [-0.05, 0) is 20.8 Å². The van der Waals surface area contributed by atoms with E-state index in [-0.39, 0.29) is 0 Å². The fourth-order valence-corrected chi connectivity index (χ4v) is 0.236. The zero-order chi connectivity index (χ0) is 5.70. The van der Waals surface area contributed by atoms with E-state index in [1.165, 1.54) is 0 Å². The van der Waals surface area contributed by atoms with Crippen molar-refractivity contribution in [3.8, 4) is 0 Å². The van der Waals surface area contributed by atoms with E-state index in [9.17, 15) is 0 Å². The zero-order valence-electron chi connectivity index (χ0n) is 5.14. The molecule has 0 spiro atoms. The standard InChI is InChI=1S/C6H12O/c1-4-5-7-6(2)3/h4-6H,1-3H3/b5-4-. The fourth-order valence-electron chi connectivity index (χ4n) is 0.236. The number of ether oxygens (including phenoxy) is 1. The fraction of sp³-hybridized carbons (Fsp3) is 0.667. The molecule has 0 aromatic carbocycles. The Balaban J connectivity index is 2.97. The second kappa shape index (κ2) is 3.72. The minimum absolute atomic E-state index is 0.316. The Hall–Kier alpha value is -0.460. The molecular weight excluding hydrogens is 88.1 g/mol. The van der Waals surface area contributed by atoms with E-state index in [1.807, 2.05) is 26.8 Å². The van der Waals surface area contributed by atoms with Crippen LogP contribution in [0.3, 0.4) is 0 Å². The number of hydrogen-bond acceptors (Lipinski definition) is 1. The van der Waals surface area contributed by atoms with Crippen LogP contribution in [0.2, 0.25) is 0 Å². The first-order chi connectivity index (χ1) is 3.27. The van der Waals surface area contributed by atoms with Gasteiger partial charge in [-0.25, -0.2) is 0 Å². The lowest BCUT2D eigenvalue weighted by Gasteiger charge is -2.00. The van der Waals surface area contributed by atoms with Crippen LogP contribution in [0.15, 0.2) is 12.3 Å². The van der Waals surface area contributed by atoms with E-state index < -0.39 is 0 Å². The lowest BCUT2D eigenvalue weighted by atomic mass is 10.5. The number of hydrogen-bond donors (Lipinski definition) is 0. The predicted octanol–water partition coefficient (Wildman–Crippen LogP) is 1.95. The van der Waals surface area contributed by atoms with Gasteiger partial charge >= 0.3 is 0 Å². The van der Waals surface area contributed by atoms with Crippen molar-refractivity contribution in [2.75, 3.05) is 0 Å². The summed E-state index contributed by atoms with van der Waals surface area (Å²) in [5.74, 6) is 0. The second-order valence-electron chi connectivity index (χ2n) is 1.65. The van der Waals surface area contributed by atoms with Gasteiger partial charge < -0.3 is 4.74 Å². The summed E-state index contributed by atoms with van der Waals surface area (Å²) in [5, 5.41) is 0. The first-order valence-electron chi connectivity index (χ1n) is 2.54. The van der Waals surface area contributed by atoms with E-state index in [1.54, 1.807) is 6.26 Å². The molecule has 0 N–H and O–H groups in total. The van der Waals surface area contributed by atoms with E-state index in [2.05, 4.69) is 0 Å². The topological polar surface area (TPSA) is 9.23 Å². The summed E-state index contributed by atoms with van der Waals surface area (Å²) in [6, 6.07) is 0. The zero-order valence-corrected chi connectivity index (χ0v) is 5.14. The molecule has 42 valence electrons. The van der Waals surface area contributed by atoms with Crippen LogP contribution in [-0.4, -0.2) is 6.10 Å². The molecule has 0 saturated heterocycles. The molecule has 0 aliphatic heterocycles. The summed E-state index contributed by atoms with van der Waals surface area (Å²) in [4.78, 5) is 0. The van der Waals surface area contributed by atoms with Gasteiger partial charge in [-0.1, -0.05) is 6.08 Å². The van der Waals surface area contributed by atoms with Crippen LogP contribution in [0.25, 0.3) is 0 Å². The Morgan fingerprint density at radius 2 is 2.00 bits per heavy atom. The van der Waals surface area contributed by atoms with Crippen LogP contribution < -0.4 is 0 Å². The smallest absolute Gasteiger partial charge is 0.0922 e. The van der Waals surface area contributed by atoms with E-state index in [0.29, 0.717) is 6.10 Å². The summed E-state index contributed by atoms with van der Waals surface area (Å²) in [6.07, 6.45) is 3.89. The van der Waals surface area contributed by atoms with Crippen LogP contribution in [0.1, 0.15) is 20.8 Å². The number of allylic oxidation sites excluding steroid dienone is 1. The maximum atomic E-state index is 5.01. The van der Waals surface area contributed by atoms with Gasteiger partial charge in [-0.2, -0.15) is 0 Å². The summed E-state index contributed by atoms with van der Waals surface area (Å²) in [7, 11) is 0. The third kappa shape index (κ3) is 5.54. The Morgan fingerprint density at radius 1 is 1.43 bits per heavy atom. The molecule has 0 aromatic heterocycles. The van der Waals surface area contributed by atoms with Gasteiger partial charge in [0.05, 0.1) is 12.4 Å². The molecule has 0 amide bonds. The first kappa shape index (κ1) is 6.54. The SMILES string of the molecule is C/C=C\OC(C)C. The van der Waals surface area contributed by atoms with Gasteiger partial charge in [0.15, 0.2) is 0 Å². The molecule has 0 aromatic rings. The van der Waals surface area contributed by atoms with Gasteiger partial charge in [0.25, 0.3) is 0 Å². The van der Waals surface area contributed by atoms with E-state index in [4.69, 9.17) is 4.74 Å². The molecule has 1 heteroatoms. The number of rotatable bonds is 2. The quantitative estimate of drug-likeness (QED) is 0.482. The highest BCUT2D eigenvalue weighted by Gasteiger charge is 1.82. The average molecular weight is 100 g/mol. The minimum atomic E-state index is 0.316. The molecule has 0 rings (SSSR count). The van der Waals surface area contributed by atoms with E-state index >= 15 is 0 Å². The normalized spacial score (nSPS) is 10.9. The van der Waals surface area contributed by atoms with Crippen LogP contribution in [-0.2, 0) is 4.74 Å². The molecule has 7 heavy (non-hydrogen) atoms. The van der Waals surface area contributed by atoms with Crippen molar-refractivity contribution in [3.63, 3.8) is 0 Å². The van der Waals surface area contributed by atoms with Crippen molar-refractivity contribution >= 4 is 0 Å². The summed E-state index contributed by atoms with van der Waals surface area (Å²) in [6.45, 7) is 5.93. The molecule has 0 heterocycles. The lowest BCUT2D eigenvalue weighted by molar-refractivity contribution is 0.179. The Morgan fingerprint density at radius 3 is 2.14 bits per heavy atom. The van der Waals surface area contributed by atoms with Crippen molar-refractivity contribution in [1.29, 1.82) is 0 Å². The Kier molecular flexibility index (Phi) is 3.48. The van der Waals surface area contributed by atoms with Crippen LogP contribution in [0, 0.1) is 0 Å². The molecule has 0 radical (unpaired) electrons. The highest BCUT2D eigenvalue weighted by molar-refractivity contribution is 4.65. The van der Waals surface area contributed by atoms with E-state index in [0.717, 1.165) is 0 Å².